The monoisotopic (exact) mass is 296 g/mol. The van der Waals surface area contributed by atoms with Crippen LogP contribution in [0.25, 0.3) is 0 Å². The molecule has 0 aromatic heterocycles. The minimum atomic E-state index is 0.789. The maximum Gasteiger partial charge on any atom is 0.0394 e. The van der Waals surface area contributed by atoms with E-state index in [1.807, 2.05) is 0 Å². The van der Waals surface area contributed by atoms with Crippen molar-refractivity contribution in [3.63, 3.8) is 0 Å². The molecule has 1 aromatic rings. The van der Waals surface area contributed by atoms with Gasteiger partial charge in [-0.15, -0.1) is 0 Å². The van der Waals surface area contributed by atoms with Gasteiger partial charge in [0.2, 0.25) is 0 Å². The average Bonchev–Trinajstić information content (AvgIpc) is 2.30. The normalized spacial score (nSPS) is 20.3. The molecule has 1 heterocycles. The van der Waals surface area contributed by atoms with Gasteiger partial charge < -0.3 is 10.2 Å². The van der Waals surface area contributed by atoms with Crippen LogP contribution in [0, 0.1) is 12.8 Å². The van der Waals surface area contributed by atoms with Gasteiger partial charge in [-0.25, -0.2) is 0 Å². The van der Waals surface area contributed by atoms with Gasteiger partial charge in [0, 0.05) is 23.8 Å². The Morgan fingerprint density at radius 1 is 1.47 bits per heavy atom. The van der Waals surface area contributed by atoms with Gasteiger partial charge in [0.25, 0.3) is 0 Å². The molecule has 1 fully saturated rings. The molecule has 94 valence electrons. The number of piperidine rings is 1. The van der Waals surface area contributed by atoms with E-state index in [1.54, 1.807) is 0 Å². The smallest absolute Gasteiger partial charge is 0.0394 e. The second-order valence-corrected chi connectivity index (χ2v) is 5.94. The summed E-state index contributed by atoms with van der Waals surface area (Å²) in [5.74, 6) is 0.789. The third-order valence-corrected chi connectivity index (χ3v) is 3.99. The third kappa shape index (κ3) is 3.46. The van der Waals surface area contributed by atoms with Crippen molar-refractivity contribution in [2.75, 3.05) is 31.6 Å². The Labute approximate surface area is 113 Å². The molecule has 0 saturated carbocycles. The summed E-state index contributed by atoms with van der Waals surface area (Å²) in [6, 6.07) is 6.51. The summed E-state index contributed by atoms with van der Waals surface area (Å²) in [5.41, 5.74) is 2.68. The van der Waals surface area contributed by atoms with Crippen LogP contribution >= 0.6 is 15.9 Å². The first-order chi connectivity index (χ1) is 8.16. The number of anilines is 1. The van der Waals surface area contributed by atoms with Crippen LogP contribution in [-0.4, -0.2) is 26.7 Å². The summed E-state index contributed by atoms with van der Waals surface area (Å²) >= 11 is 3.52. The lowest BCUT2D eigenvalue weighted by Gasteiger charge is -2.29. The van der Waals surface area contributed by atoms with E-state index in [2.05, 4.69) is 58.3 Å². The van der Waals surface area contributed by atoms with Gasteiger partial charge >= 0.3 is 0 Å². The lowest BCUT2D eigenvalue weighted by atomic mass is 9.99. The molecule has 0 aliphatic carbocycles. The van der Waals surface area contributed by atoms with Gasteiger partial charge in [0.15, 0.2) is 0 Å². The molecule has 0 bridgehead atoms. The first-order valence-electron chi connectivity index (χ1n) is 6.35. The molecule has 1 aromatic carbocycles. The zero-order chi connectivity index (χ0) is 12.3. The molecule has 1 saturated heterocycles. The Morgan fingerprint density at radius 2 is 2.29 bits per heavy atom. The van der Waals surface area contributed by atoms with Gasteiger partial charge in [0.05, 0.1) is 0 Å². The van der Waals surface area contributed by atoms with Gasteiger partial charge in [-0.2, -0.15) is 0 Å². The summed E-state index contributed by atoms with van der Waals surface area (Å²) in [4.78, 5) is 2.39. The van der Waals surface area contributed by atoms with Crippen molar-refractivity contribution in [3.05, 3.63) is 28.2 Å². The van der Waals surface area contributed by atoms with Crippen LogP contribution < -0.4 is 10.2 Å². The number of benzene rings is 1. The van der Waals surface area contributed by atoms with Crippen molar-refractivity contribution in [1.82, 2.24) is 5.32 Å². The summed E-state index contributed by atoms with van der Waals surface area (Å²) in [6.07, 6.45) is 2.67. The molecular formula is C14H21BrN2. The summed E-state index contributed by atoms with van der Waals surface area (Å²) in [7, 11) is 2.20. The van der Waals surface area contributed by atoms with Crippen molar-refractivity contribution >= 4 is 21.6 Å². The van der Waals surface area contributed by atoms with E-state index < -0.39 is 0 Å². The standard InChI is InChI=1S/C14H21BrN2/c1-11-8-13(15)5-6-14(11)17(2)10-12-4-3-7-16-9-12/h5-6,8,12,16H,3-4,7,9-10H2,1-2H3. The van der Waals surface area contributed by atoms with Crippen LogP contribution in [0.1, 0.15) is 18.4 Å². The molecule has 1 N–H and O–H groups in total. The van der Waals surface area contributed by atoms with Crippen molar-refractivity contribution in [1.29, 1.82) is 0 Å². The minimum Gasteiger partial charge on any atom is -0.374 e. The fourth-order valence-electron chi connectivity index (χ4n) is 2.61. The van der Waals surface area contributed by atoms with E-state index >= 15 is 0 Å². The van der Waals surface area contributed by atoms with E-state index in [0.717, 1.165) is 16.9 Å². The molecule has 0 amide bonds. The largest absolute Gasteiger partial charge is 0.374 e. The summed E-state index contributed by atoms with van der Waals surface area (Å²) in [5, 5.41) is 3.48. The maximum atomic E-state index is 3.52. The zero-order valence-electron chi connectivity index (χ0n) is 10.7. The third-order valence-electron chi connectivity index (χ3n) is 3.50. The first-order valence-corrected chi connectivity index (χ1v) is 7.14. The van der Waals surface area contributed by atoms with Crippen molar-refractivity contribution < 1.29 is 0 Å². The molecule has 1 aliphatic rings. The van der Waals surface area contributed by atoms with Crippen LogP contribution in [0.15, 0.2) is 22.7 Å². The molecular weight excluding hydrogens is 276 g/mol. The molecule has 0 spiro atoms. The van der Waals surface area contributed by atoms with Crippen LogP contribution in [0.5, 0.6) is 0 Å². The predicted octanol–water partition coefficient (Wildman–Crippen LogP) is 3.19. The Morgan fingerprint density at radius 3 is 2.94 bits per heavy atom. The highest BCUT2D eigenvalue weighted by molar-refractivity contribution is 9.10. The molecule has 2 nitrogen and oxygen atoms in total. The van der Waals surface area contributed by atoms with E-state index in [-0.39, 0.29) is 0 Å². The topological polar surface area (TPSA) is 15.3 Å². The Hall–Kier alpha value is -0.540. The van der Waals surface area contributed by atoms with E-state index in [0.29, 0.717) is 0 Å². The predicted molar refractivity (Wildman–Crippen MR) is 77.7 cm³/mol. The van der Waals surface area contributed by atoms with Crippen LogP contribution in [0.2, 0.25) is 0 Å². The molecule has 1 unspecified atom stereocenters. The van der Waals surface area contributed by atoms with Crippen molar-refractivity contribution in [2.45, 2.75) is 19.8 Å². The molecule has 0 radical (unpaired) electrons. The molecule has 2 rings (SSSR count). The quantitative estimate of drug-likeness (QED) is 0.921. The lowest BCUT2D eigenvalue weighted by molar-refractivity contribution is 0.381. The molecule has 1 aliphatic heterocycles. The Kier molecular flexibility index (Phi) is 4.46. The Balaban J connectivity index is 2.00. The van der Waals surface area contributed by atoms with Crippen molar-refractivity contribution in [2.24, 2.45) is 5.92 Å². The van der Waals surface area contributed by atoms with E-state index in [1.165, 1.54) is 37.2 Å². The van der Waals surface area contributed by atoms with Gasteiger partial charge in [-0.05, 0) is 62.5 Å². The fraction of sp³-hybridized carbons (Fsp3) is 0.571. The molecule has 1 atom stereocenters. The molecule has 3 heteroatoms. The Bertz CT molecular complexity index is 372. The zero-order valence-corrected chi connectivity index (χ0v) is 12.3. The van der Waals surface area contributed by atoms with E-state index in [9.17, 15) is 0 Å². The highest BCUT2D eigenvalue weighted by Gasteiger charge is 2.16. The highest BCUT2D eigenvalue weighted by Crippen LogP contribution is 2.24. The summed E-state index contributed by atoms with van der Waals surface area (Å²) in [6.45, 7) is 5.68. The van der Waals surface area contributed by atoms with Crippen LogP contribution in [-0.2, 0) is 0 Å². The van der Waals surface area contributed by atoms with Gasteiger partial charge in [-0.3, -0.25) is 0 Å². The second kappa shape index (κ2) is 5.87. The fourth-order valence-corrected chi connectivity index (χ4v) is 3.09. The number of rotatable bonds is 3. The first kappa shape index (κ1) is 12.9. The summed E-state index contributed by atoms with van der Waals surface area (Å²) < 4.78 is 1.16. The van der Waals surface area contributed by atoms with Crippen LogP contribution in [0.4, 0.5) is 5.69 Å². The number of hydrogen-bond donors (Lipinski definition) is 1. The number of nitrogens with zero attached hydrogens (tertiary/aromatic N) is 1. The van der Waals surface area contributed by atoms with Gasteiger partial charge in [0.1, 0.15) is 0 Å². The van der Waals surface area contributed by atoms with Crippen LogP contribution in [0.3, 0.4) is 0 Å². The highest BCUT2D eigenvalue weighted by atomic mass is 79.9. The van der Waals surface area contributed by atoms with Crippen molar-refractivity contribution in [3.8, 4) is 0 Å². The SMILES string of the molecule is Cc1cc(Br)ccc1N(C)CC1CCCNC1. The number of halogens is 1. The number of aryl methyl sites for hydroxylation is 1. The van der Waals surface area contributed by atoms with Gasteiger partial charge in [-0.1, -0.05) is 15.9 Å². The number of nitrogens with one attached hydrogen (secondary N) is 1. The second-order valence-electron chi connectivity index (χ2n) is 5.02. The maximum absolute atomic E-state index is 3.52. The molecule has 17 heavy (non-hydrogen) atoms. The lowest BCUT2D eigenvalue weighted by Crippen LogP contribution is -2.37. The minimum absolute atomic E-state index is 0.789. The van der Waals surface area contributed by atoms with E-state index in [4.69, 9.17) is 0 Å². The average molecular weight is 297 g/mol. The number of hydrogen-bond acceptors (Lipinski definition) is 2.